The van der Waals surface area contributed by atoms with Crippen molar-refractivity contribution in [3.8, 4) is 0 Å². The third kappa shape index (κ3) is 7.97. The Morgan fingerprint density at radius 1 is 0.632 bits per heavy atom. The first-order valence-corrected chi connectivity index (χ1v) is 9.12. The Morgan fingerprint density at radius 3 is 1.37 bits per heavy atom. The summed E-state index contributed by atoms with van der Waals surface area (Å²) in [6.07, 6.45) is 18.8. The second kappa shape index (κ2) is 11.8. The lowest BCUT2D eigenvalue weighted by Gasteiger charge is -2.32. The molecule has 114 valence electrons. The van der Waals surface area contributed by atoms with Crippen molar-refractivity contribution in [2.45, 2.75) is 103 Å². The maximum atomic E-state index is 2.80. The maximum Gasteiger partial charge on any atom is 0.00952 e. The molecule has 0 N–H and O–H groups in total. The molecule has 0 radical (unpaired) electrons. The normalized spacial score (nSPS) is 21.0. The predicted molar refractivity (Wildman–Crippen MR) is 86.7 cm³/mol. The summed E-state index contributed by atoms with van der Waals surface area (Å²) in [7, 11) is 0. The van der Waals surface area contributed by atoms with Gasteiger partial charge in [0.25, 0.3) is 0 Å². The topological polar surface area (TPSA) is 3.24 Å². The summed E-state index contributed by atoms with van der Waals surface area (Å²) in [6, 6.07) is 0.888. The first-order valence-electron chi connectivity index (χ1n) is 9.12. The summed E-state index contributed by atoms with van der Waals surface area (Å²) in [5, 5.41) is 0. The SMILES string of the molecule is CCCN(CCC)C1CCCCCCCCCCC1. The molecular weight excluding hydrogens is 230 g/mol. The average molecular weight is 268 g/mol. The van der Waals surface area contributed by atoms with Crippen LogP contribution in [0.2, 0.25) is 0 Å². The lowest BCUT2D eigenvalue weighted by molar-refractivity contribution is 0.170. The molecule has 0 spiro atoms. The van der Waals surface area contributed by atoms with Gasteiger partial charge in [-0.3, -0.25) is 0 Å². The molecule has 0 aromatic rings. The van der Waals surface area contributed by atoms with Crippen molar-refractivity contribution in [2.24, 2.45) is 0 Å². The monoisotopic (exact) mass is 267 g/mol. The Kier molecular flexibility index (Phi) is 10.5. The van der Waals surface area contributed by atoms with Gasteiger partial charge in [-0.2, -0.15) is 0 Å². The van der Waals surface area contributed by atoms with Gasteiger partial charge in [0, 0.05) is 6.04 Å². The van der Waals surface area contributed by atoms with Gasteiger partial charge in [-0.05, 0) is 38.8 Å². The highest BCUT2D eigenvalue weighted by molar-refractivity contribution is 4.72. The zero-order valence-electron chi connectivity index (χ0n) is 13.6. The van der Waals surface area contributed by atoms with Gasteiger partial charge in [-0.1, -0.05) is 71.6 Å². The van der Waals surface area contributed by atoms with Crippen LogP contribution in [-0.4, -0.2) is 24.0 Å². The maximum absolute atomic E-state index is 2.80. The van der Waals surface area contributed by atoms with Gasteiger partial charge >= 0.3 is 0 Å². The van der Waals surface area contributed by atoms with Crippen molar-refractivity contribution in [1.29, 1.82) is 0 Å². The summed E-state index contributed by atoms with van der Waals surface area (Å²) < 4.78 is 0. The van der Waals surface area contributed by atoms with Gasteiger partial charge in [0.1, 0.15) is 0 Å². The summed E-state index contributed by atoms with van der Waals surface area (Å²) >= 11 is 0. The van der Waals surface area contributed by atoms with Crippen LogP contribution in [-0.2, 0) is 0 Å². The van der Waals surface area contributed by atoms with Gasteiger partial charge < -0.3 is 4.90 Å². The van der Waals surface area contributed by atoms with Crippen molar-refractivity contribution in [3.63, 3.8) is 0 Å². The van der Waals surface area contributed by atoms with E-state index >= 15 is 0 Å². The molecule has 0 heterocycles. The molecule has 0 saturated heterocycles. The van der Waals surface area contributed by atoms with E-state index in [-0.39, 0.29) is 0 Å². The minimum Gasteiger partial charge on any atom is -0.300 e. The molecule has 0 atom stereocenters. The third-order valence-corrected chi connectivity index (χ3v) is 4.61. The van der Waals surface area contributed by atoms with Crippen LogP contribution in [0.25, 0.3) is 0 Å². The van der Waals surface area contributed by atoms with Gasteiger partial charge in [-0.15, -0.1) is 0 Å². The van der Waals surface area contributed by atoms with Crippen molar-refractivity contribution in [2.75, 3.05) is 13.1 Å². The zero-order chi connectivity index (χ0) is 13.8. The minimum atomic E-state index is 0.888. The van der Waals surface area contributed by atoms with E-state index in [4.69, 9.17) is 0 Å². The Balaban J connectivity index is 2.43. The minimum absolute atomic E-state index is 0.888. The molecule has 1 nitrogen and oxygen atoms in total. The fourth-order valence-electron chi connectivity index (χ4n) is 3.56. The smallest absolute Gasteiger partial charge is 0.00952 e. The highest BCUT2D eigenvalue weighted by Crippen LogP contribution is 2.20. The van der Waals surface area contributed by atoms with Gasteiger partial charge in [0.05, 0.1) is 0 Å². The summed E-state index contributed by atoms with van der Waals surface area (Å²) in [4.78, 5) is 2.80. The van der Waals surface area contributed by atoms with E-state index in [1.807, 2.05) is 0 Å². The molecule has 1 heteroatoms. The number of nitrogens with zero attached hydrogens (tertiary/aromatic N) is 1. The van der Waals surface area contributed by atoms with Crippen LogP contribution in [0.4, 0.5) is 0 Å². The van der Waals surface area contributed by atoms with E-state index in [1.54, 1.807) is 0 Å². The van der Waals surface area contributed by atoms with Crippen molar-refractivity contribution in [3.05, 3.63) is 0 Å². The van der Waals surface area contributed by atoms with Crippen LogP contribution in [0.1, 0.15) is 97.3 Å². The molecule has 0 aliphatic heterocycles. The number of hydrogen-bond acceptors (Lipinski definition) is 1. The van der Waals surface area contributed by atoms with Crippen LogP contribution in [0.3, 0.4) is 0 Å². The van der Waals surface area contributed by atoms with E-state index in [0.717, 1.165) is 6.04 Å². The molecule has 19 heavy (non-hydrogen) atoms. The number of hydrogen-bond donors (Lipinski definition) is 0. The Labute approximate surface area is 122 Å². The standard InChI is InChI=1S/C18H37N/c1-3-16-19(17-4-2)18-14-12-10-8-6-5-7-9-11-13-15-18/h18H,3-17H2,1-2H3. The van der Waals surface area contributed by atoms with E-state index < -0.39 is 0 Å². The van der Waals surface area contributed by atoms with Gasteiger partial charge in [0.2, 0.25) is 0 Å². The van der Waals surface area contributed by atoms with E-state index in [0.29, 0.717) is 0 Å². The van der Waals surface area contributed by atoms with Crippen molar-refractivity contribution >= 4 is 0 Å². The summed E-state index contributed by atoms with van der Waals surface area (Å²) in [5.74, 6) is 0. The third-order valence-electron chi connectivity index (χ3n) is 4.61. The van der Waals surface area contributed by atoms with E-state index in [9.17, 15) is 0 Å². The number of rotatable bonds is 5. The Bertz CT molecular complexity index is 172. The molecule has 1 rings (SSSR count). The average Bonchev–Trinajstić information content (AvgIpc) is 2.39. The second-order valence-electron chi connectivity index (χ2n) is 6.45. The zero-order valence-corrected chi connectivity index (χ0v) is 13.6. The molecule has 0 bridgehead atoms. The molecule has 1 fully saturated rings. The molecule has 1 aliphatic carbocycles. The lowest BCUT2D eigenvalue weighted by atomic mass is 9.96. The predicted octanol–water partition coefficient (Wildman–Crippen LogP) is 5.78. The first kappa shape index (κ1) is 17.0. The molecule has 0 unspecified atom stereocenters. The van der Waals surface area contributed by atoms with Crippen molar-refractivity contribution in [1.82, 2.24) is 4.90 Å². The molecule has 1 aliphatic rings. The molecular formula is C18H37N. The summed E-state index contributed by atoms with van der Waals surface area (Å²) in [6.45, 7) is 7.30. The molecule has 0 aromatic heterocycles. The van der Waals surface area contributed by atoms with Crippen LogP contribution < -0.4 is 0 Å². The fourth-order valence-corrected chi connectivity index (χ4v) is 3.56. The quantitative estimate of drug-likeness (QED) is 0.610. The molecule has 0 aromatic carbocycles. The van der Waals surface area contributed by atoms with Gasteiger partial charge in [-0.25, -0.2) is 0 Å². The van der Waals surface area contributed by atoms with Crippen molar-refractivity contribution < 1.29 is 0 Å². The molecule has 0 amide bonds. The van der Waals surface area contributed by atoms with Crippen LogP contribution >= 0.6 is 0 Å². The Hall–Kier alpha value is -0.0400. The van der Waals surface area contributed by atoms with Gasteiger partial charge in [0.15, 0.2) is 0 Å². The molecule has 1 saturated carbocycles. The Morgan fingerprint density at radius 2 is 1.00 bits per heavy atom. The van der Waals surface area contributed by atoms with Crippen LogP contribution in [0, 0.1) is 0 Å². The highest BCUT2D eigenvalue weighted by Gasteiger charge is 2.16. The van der Waals surface area contributed by atoms with Crippen LogP contribution in [0.5, 0.6) is 0 Å². The fraction of sp³-hybridized carbons (Fsp3) is 1.00. The largest absolute Gasteiger partial charge is 0.300 e. The highest BCUT2D eigenvalue weighted by atomic mass is 15.1. The van der Waals surface area contributed by atoms with Crippen LogP contribution in [0.15, 0.2) is 0 Å². The second-order valence-corrected chi connectivity index (χ2v) is 6.45. The first-order chi connectivity index (χ1) is 9.38. The summed E-state index contributed by atoms with van der Waals surface area (Å²) in [5.41, 5.74) is 0. The van der Waals surface area contributed by atoms with E-state index in [1.165, 1.54) is 96.6 Å². The lowest BCUT2D eigenvalue weighted by Crippen LogP contribution is -2.36. The van der Waals surface area contributed by atoms with E-state index in [2.05, 4.69) is 18.7 Å².